The van der Waals surface area contributed by atoms with E-state index in [0.29, 0.717) is 10.7 Å². The van der Waals surface area contributed by atoms with Crippen molar-refractivity contribution < 1.29 is 28.5 Å². The Labute approximate surface area is 371 Å². The van der Waals surface area contributed by atoms with E-state index < -0.39 is 58.1 Å². The summed E-state index contributed by atoms with van der Waals surface area (Å²) in [7, 11) is 0. The molecule has 5 aromatic carbocycles. The second-order valence-corrected chi connectivity index (χ2v) is 17.5. The van der Waals surface area contributed by atoms with Crippen molar-refractivity contribution in [2.45, 2.75) is 43.0 Å². The lowest BCUT2D eigenvalue weighted by molar-refractivity contribution is -0.154. The van der Waals surface area contributed by atoms with Gasteiger partial charge in [-0.15, -0.1) is 22.9 Å². The van der Waals surface area contributed by atoms with Gasteiger partial charge in [-0.3, -0.25) is 14.5 Å². The van der Waals surface area contributed by atoms with Crippen molar-refractivity contribution in [3.8, 4) is 0 Å². The van der Waals surface area contributed by atoms with Gasteiger partial charge in [-0.05, 0) is 52.8 Å². The van der Waals surface area contributed by atoms with E-state index in [1.807, 2.05) is 152 Å². The van der Waals surface area contributed by atoms with Crippen LogP contribution in [0, 0.1) is 0 Å². The van der Waals surface area contributed by atoms with Crippen molar-refractivity contribution in [2.75, 3.05) is 16.9 Å². The van der Waals surface area contributed by atoms with Crippen LogP contribution in [0.1, 0.15) is 53.5 Å². The maximum atomic E-state index is 14.3. The zero-order valence-electron chi connectivity index (χ0n) is 33.7. The van der Waals surface area contributed by atoms with Crippen LogP contribution >= 0.6 is 22.9 Å². The number of oxime groups is 1. The number of carbonyl (C=O) groups excluding carboxylic acids is 3. The molecular formula is C48H42ClN5O6S2. The van der Waals surface area contributed by atoms with E-state index >= 15 is 0 Å². The largest absolute Gasteiger partial charge is 0.614 e. The Kier molecular flexibility index (Phi) is 12.9. The fraction of sp³-hybridized carbons (Fsp3) is 0.188. The van der Waals surface area contributed by atoms with Crippen molar-refractivity contribution in [2.24, 2.45) is 5.16 Å². The lowest BCUT2D eigenvalue weighted by Crippen LogP contribution is -2.75. The number of carbonyl (C=O) groups is 3. The standard InChI is InChI=1S/C48H42ClN5O6S2/c1-31(2)60-53-39(38-29-61-47(50-38)52-48(35-22-12-5-13-23-35,36-24-14-6-15-25-36)37-26-16-7-17-27-37)43(55)51-40-44(56)54-41(34(28-49)30-62(58)45(40)54)46(57)59-42(32-18-8-3-9-19-32)33-20-10-4-11-21-33/h3-27,29,31,40,42,45H,28,30H2,1-2H3,(H,50,52)(H,51,55)/t40?,45-,62?/m0/s1. The minimum Gasteiger partial charge on any atom is -0.614 e. The molecule has 0 saturated carbocycles. The van der Waals surface area contributed by atoms with Gasteiger partial charge in [-0.1, -0.05) is 157 Å². The lowest BCUT2D eigenvalue weighted by atomic mass is 9.77. The predicted molar refractivity (Wildman–Crippen MR) is 242 cm³/mol. The number of anilines is 1. The van der Waals surface area contributed by atoms with Crippen LogP contribution in [0.25, 0.3) is 0 Å². The normalized spacial score (nSPS) is 17.6. The highest BCUT2D eigenvalue weighted by atomic mass is 35.5. The van der Waals surface area contributed by atoms with Crippen molar-refractivity contribution >= 4 is 62.7 Å². The number of halogens is 1. The fourth-order valence-corrected chi connectivity index (χ4v) is 10.4. The molecule has 14 heteroatoms. The van der Waals surface area contributed by atoms with E-state index in [0.717, 1.165) is 32.7 Å². The number of fused-ring (bicyclic) bond motifs is 1. The van der Waals surface area contributed by atoms with Gasteiger partial charge in [-0.2, -0.15) is 0 Å². The quantitative estimate of drug-likeness (QED) is 0.0201. The first kappa shape index (κ1) is 42.4. The van der Waals surface area contributed by atoms with Crippen molar-refractivity contribution in [1.82, 2.24) is 15.2 Å². The molecule has 62 heavy (non-hydrogen) atoms. The highest BCUT2D eigenvalue weighted by molar-refractivity contribution is 7.92. The summed E-state index contributed by atoms with van der Waals surface area (Å²) in [6, 6.07) is 47.3. The van der Waals surface area contributed by atoms with E-state index in [1.165, 1.54) is 11.3 Å². The number of nitrogens with zero attached hydrogens (tertiary/aromatic N) is 3. The van der Waals surface area contributed by atoms with E-state index in [2.05, 4.69) is 15.8 Å². The Hall–Kier alpha value is -6.25. The monoisotopic (exact) mass is 883 g/mol. The summed E-state index contributed by atoms with van der Waals surface area (Å²) in [5.74, 6) is -2.48. The molecule has 11 nitrogen and oxygen atoms in total. The number of aromatic nitrogens is 1. The van der Waals surface area contributed by atoms with Crippen LogP contribution in [0.3, 0.4) is 0 Å². The average molecular weight is 884 g/mol. The number of amides is 2. The van der Waals surface area contributed by atoms with Gasteiger partial charge in [0.05, 0.1) is 5.88 Å². The number of benzene rings is 5. The van der Waals surface area contributed by atoms with Gasteiger partial charge >= 0.3 is 5.97 Å². The maximum absolute atomic E-state index is 14.3. The van der Waals surface area contributed by atoms with Gasteiger partial charge in [0.1, 0.15) is 28.8 Å². The first-order valence-corrected chi connectivity index (χ1v) is 22.7. The highest BCUT2D eigenvalue weighted by Crippen LogP contribution is 2.42. The Morgan fingerprint density at radius 3 is 1.84 bits per heavy atom. The summed E-state index contributed by atoms with van der Waals surface area (Å²) in [4.78, 5) is 54.1. The molecular weight excluding hydrogens is 842 g/mol. The van der Waals surface area contributed by atoms with Gasteiger partial charge in [0, 0.05) is 11.0 Å². The smallest absolute Gasteiger partial charge is 0.356 e. The second kappa shape index (κ2) is 18.8. The second-order valence-electron chi connectivity index (χ2n) is 14.9. The van der Waals surface area contributed by atoms with Gasteiger partial charge in [0.15, 0.2) is 23.0 Å². The molecule has 0 aliphatic carbocycles. The Morgan fingerprint density at radius 2 is 1.35 bits per heavy atom. The molecule has 314 valence electrons. The van der Waals surface area contributed by atoms with Gasteiger partial charge in [0.2, 0.25) is 5.37 Å². The van der Waals surface area contributed by atoms with E-state index in [-0.39, 0.29) is 28.7 Å². The SMILES string of the molecule is CC(C)ON=C(C(=O)NC1C(=O)N2C(C(=O)OC(c3ccccc3)c3ccccc3)=C(CCl)C[S+]([O-])[C@@H]12)c1csc(NC(c2ccccc2)(c2ccccc2)c2ccccc2)n1. The predicted octanol–water partition coefficient (Wildman–Crippen LogP) is 7.92. The highest BCUT2D eigenvalue weighted by Gasteiger charge is 2.61. The third-order valence-corrected chi connectivity index (χ3v) is 13.2. The molecule has 1 saturated heterocycles. The Balaban J connectivity index is 1.07. The fourth-order valence-electron chi connectivity index (χ4n) is 7.64. The number of β-lactam (4-membered cyclic amide) rings is 1. The number of hydrogen-bond acceptors (Lipinski definition) is 10. The molecule has 2 amide bonds. The third kappa shape index (κ3) is 8.49. The minimum absolute atomic E-state index is 0.0806. The molecule has 6 aromatic rings. The molecule has 1 aromatic heterocycles. The van der Waals surface area contributed by atoms with Gasteiger partial charge in [0.25, 0.3) is 11.8 Å². The van der Waals surface area contributed by atoms with Crippen molar-refractivity contribution in [1.29, 1.82) is 0 Å². The molecule has 2 aliphatic rings. The summed E-state index contributed by atoms with van der Waals surface area (Å²) in [6.07, 6.45) is -1.20. The number of esters is 1. The molecule has 2 N–H and O–H groups in total. The van der Waals surface area contributed by atoms with Crippen LogP contribution in [0.15, 0.2) is 173 Å². The van der Waals surface area contributed by atoms with Gasteiger partial charge < -0.3 is 24.8 Å². The van der Waals surface area contributed by atoms with Crippen LogP contribution in [0.2, 0.25) is 0 Å². The summed E-state index contributed by atoms with van der Waals surface area (Å²) in [6.45, 7) is 3.53. The van der Waals surface area contributed by atoms with Crippen LogP contribution in [0.4, 0.5) is 5.13 Å². The number of thiazole rings is 1. The molecule has 0 spiro atoms. The Morgan fingerprint density at radius 1 is 0.855 bits per heavy atom. The summed E-state index contributed by atoms with van der Waals surface area (Å²) in [5, 5.41) is 11.8. The molecule has 2 aliphatic heterocycles. The van der Waals surface area contributed by atoms with Crippen molar-refractivity contribution in [3.63, 3.8) is 0 Å². The number of hydrogen-bond donors (Lipinski definition) is 2. The van der Waals surface area contributed by atoms with E-state index in [4.69, 9.17) is 26.2 Å². The van der Waals surface area contributed by atoms with Crippen molar-refractivity contribution in [3.05, 3.63) is 202 Å². The average Bonchev–Trinajstić information content (AvgIpc) is 3.77. The molecule has 2 unspecified atom stereocenters. The van der Waals surface area contributed by atoms with E-state index in [1.54, 1.807) is 19.2 Å². The maximum Gasteiger partial charge on any atom is 0.356 e. The molecule has 3 heterocycles. The minimum atomic E-state index is -1.73. The molecule has 1 fully saturated rings. The number of ether oxygens (including phenoxy) is 1. The molecule has 8 rings (SSSR count). The zero-order valence-corrected chi connectivity index (χ0v) is 36.1. The molecule has 0 bridgehead atoms. The van der Waals surface area contributed by atoms with E-state index in [9.17, 15) is 18.9 Å². The summed E-state index contributed by atoms with van der Waals surface area (Å²) >= 11 is 5.87. The number of rotatable bonds is 15. The first-order chi connectivity index (χ1) is 30.2. The summed E-state index contributed by atoms with van der Waals surface area (Å²) < 4.78 is 19.9. The summed E-state index contributed by atoms with van der Waals surface area (Å²) in [5.41, 5.74) is 3.65. The number of alkyl halides is 1. The topological polar surface area (TPSA) is 145 Å². The third-order valence-electron chi connectivity index (χ3n) is 10.5. The number of nitrogens with one attached hydrogen (secondary N) is 2. The molecule has 0 radical (unpaired) electrons. The Bertz CT molecular complexity index is 2440. The first-order valence-electron chi connectivity index (χ1n) is 19.9. The lowest BCUT2D eigenvalue weighted by Gasteiger charge is -2.49. The van der Waals surface area contributed by atoms with Crippen LogP contribution < -0.4 is 10.6 Å². The van der Waals surface area contributed by atoms with Gasteiger partial charge in [-0.25, -0.2) is 9.78 Å². The zero-order chi connectivity index (χ0) is 43.2. The van der Waals surface area contributed by atoms with Crippen LogP contribution in [-0.4, -0.2) is 67.1 Å². The van der Waals surface area contributed by atoms with Crippen LogP contribution in [0.5, 0.6) is 0 Å². The molecule has 3 atom stereocenters. The van der Waals surface area contributed by atoms with Crippen LogP contribution in [-0.2, 0) is 40.7 Å².